The molecular formula is C17H19N3O5S. The molecule has 0 spiro atoms. The van der Waals surface area contributed by atoms with Crippen molar-refractivity contribution in [1.82, 2.24) is 5.32 Å². The van der Waals surface area contributed by atoms with Crippen LogP contribution in [0.5, 0.6) is 5.75 Å². The van der Waals surface area contributed by atoms with Crippen LogP contribution in [-0.2, 0) is 14.8 Å². The van der Waals surface area contributed by atoms with Crippen LogP contribution in [0.3, 0.4) is 0 Å². The number of rotatable bonds is 7. The fourth-order valence-corrected chi connectivity index (χ4v) is 3.25. The zero-order valence-corrected chi connectivity index (χ0v) is 15.1. The summed E-state index contributed by atoms with van der Waals surface area (Å²) in [5.74, 6) is -0.542. The van der Waals surface area contributed by atoms with Gasteiger partial charge in [0.25, 0.3) is 15.9 Å². The number of aryl methyl sites for hydroxylation is 1. The Kier molecular flexibility index (Phi) is 5.83. The van der Waals surface area contributed by atoms with Crippen molar-refractivity contribution in [2.75, 3.05) is 18.4 Å². The lowest BCUT2D eigenvalue weighted by molar-refractivity contribution is -0.122. The third kappa shape index (κ3) is 4.73. The number of carbonyl (C=O) groups excluding carboxylic acids is 2. The van der Waals surface area contributed by atoms with E-state index in [2.05, 4.69) is 10.0 Å². The molecule has 0 saturated carbocycles. The van der Waals surface area contributed by atoms with Crippen LogP contribution in [0.1, 0.15) is 15.9 Å². The first-order valence-electron chi connectivity index (χ1n) is 7.59. The van der Waals surface area contributed by atoms with Crippen molar-refractivity contribution < 1.29 is 22.7 Å². The Hall–Kier alpha value is -3.07. The molecule has 8 nitrogen and oxygen atoms in total. The number of sulfonamides is 1. The van der Waals surface area contributed by atoms with Crippen LogP contribution in [-0.4, -0.2) is 33.9 Å². The SMILES string of the molecule is CNC(=O)COc1ccc(S(=O)(=O)Nc2cccc(C(N)=O)c2)cc1C. The van der Waals surface area contributed by atoms with E-state index in [0.717, 1.165) is 0 Å². The first-order chi connectivity index (χ1) is 12.2. The zero-order chi connectivity index (χ0) is 19.3. The highest BCUT2D eigenvalue weighted by molar-refractivity contribution is 7.92. The zero-order valence-electron chi connectivity index (χ0n) is 14.3. The number of hydrogen-bond donors (Lipinski definition) is 3. The maximum atomic E-state index is 12.5. The molecule has 0 saturated heterocycles. The summed E-state index contributed by atoms with van der Waals surface area (Å²) < 4.78 is 32.8. The first-order valence-corrected chi connectivity index (χ1v) is 9.08. The molecule has 26 heavy (non-hydrogen) atoms. The molecule has 0 aliphatic heterocycles. The average molecular weight is 377 g/mol. The summed E-state index contributed by atoms with van der Waals surface area (Å²) in [6.45, 7) is 1.51. The van der Waals surface area contributed by atoms with Gasteiger partial charge in [-0.05, 0) is 48.9 Å². The molecule has 0 radical (unpaired) electrons. The average Bonchev–Trinajstić information content (AvgIpc) is 2.60. The van der Waals surface area contributed by atoms with Crippen molar-refractivity contribution in [2.24, 2.45) is 5.73 Å². The monoisotopic (exact) mass is 377 g/mol. The van der Waals surface area contributed by atoms with Crippen molar-refractivity contribution in [2.45, 2.75) is 11.8 Å². The minimum absolute atomic E-state index is 0.0202. The summed E-state index contributed by atoms with van der Waals surface area (Å²) in [6.07, 6.45) is 0. The number of primary amides is 1. The quantitative estimate of drug-likeness (QED) is 0.664. The molecule has 0 atom stereocenters. The van der Waals surface area contributed by atoms with Gasteiger partial charge in [-0.3, -0.25) is 14.3 Å². The number of carbonyl (C=O) groups is 2. The molecule has 138 valence electrons. The van der Waals surface area contributed by atoms with Crippen LogP contribution in [0.15, 0.2) is 47.4 Å². The fourth-order valence-electron chi connectivity index (χ4n) is 2.12. The molecule has 2 rings (SSSR count). The highest BCUT2D eigenvalue weighted by atomic mass is 32.2. The summed E-state index contributed by atoms with van der Waals surface area (Å²) in [4.78, 5) is 22.5. The van der Waals surface area contributed by atoms with Crippen LogP contribution in [0.25, 0.3) is 0 Å². The van der Waals surface area contributed by atoms with E-state index in [0.29, 0.717) is 11.3 Å². The maximum Gasteiger partial charge on any atom is 0.261 e. The number of hydrogen-bond acceptors (Lipinski definition) is 5. The van der Waals surface area contributed by atoms with Crippen LogP contribution in [0.2, 0.25) is 0 Å². The molecule has 0 aromatic heterocycles. The predicted molar refractivity (Wildman–Crippen MR) is 96.5 cm³/mol. The Labute approximate surface area is 151 Å². The number of ether oxygens (including phenoxy) is 1. The molecule has 9 heteroatoms. The van der Waals surface area contributed by atoms with Gasteiger partial charge in [-0.2, -0.15) is 0 Å². The normalized spacial score (nSPS) is 10.8. The van der Waals surface area contributed by atoms with Gasteiger partial charge in [-0.1, -0.05) is 6.07 Å². The Morgan fingerprint density at radius 1 is 1.15 bits per heavy atom. The molecule has 0 aliphatic rings. The second-order valence-electron chi connectivity index (χ2n) is 5.44. The third-order valence-electron chi connectivity index (χ3n) is 3.49. The summed E-state index contributed by atoms with van der Waals surface area (Å²) in [5, 5.41) is 2.43. The van der Waals surface area contributed by atoms with Crippen LogP contribution >= 0.6 is 0 Å². The summed E-state index contributed by atoms with van der Waals surface area (Å²) in [7, 11) is -2.37. The Morgan fingerprint density at radius 2 is 1.88 bits per heavy atom. The van der Waals surface area contributed by atoms with Crippen molar-refractivity contribution in [3.05, 3.63) is 53.6 Å². The van der Waals surface area contributed by atoms with Crippen molar-refractivity contribution in [1.29, 1.82) is 0 Å². The van der Waals surface area contributed by atoms with E-state index in [1.807, 2.05) is 0 Å². The maximum absolute atomic E-state index is 12.5. The number of anilines is 1. The van der Waals surface area contributed by atoms with Crippen LogP contribution in [0, 0.1) is 6.92 Å². The number of nitrogens with two attached hydrogens (primary N) is 1. The van der Waals surface area contributed by atoms with E-state index in [-0.39, 0.29) is 28.7 Å². The first kappa shape index (κ1) is 19.3. The van der Waals surface area contributed by atoms with Crippen molar-refractivity contribution >= 4 is 27.5 Å². The second kappa shape index (κ2) is 7.87. The van der Waals surface area contributed by atoms with Gasteiger partial charge in [-0.25, -0.2) is 8.42 Å². The lowest BCUT2D eigenvalue weighted by Crippen LogP contribution is -2.25. The van der Waals surface area contributed by atoms with Gasteiger partial charge < -0.3 is 15.8 Å². The molecule has 4 N–H and O–H groups in total. The van der Waals surface area contributed by atoms with E-state index < -0.39 is 15.9 Å². The lowest BCUT2D eigenvalue weighted by atomic mass is 10.2. The van der Waals surface area contributed by atoms with Gasteiger partial charge in [-0.15, -0.1) is 0 Å². The summed E-state index contributed by atoms with van der Waals surface area (Å²) in [6, 6.07) is 10.2. The van der Waals surface area contributed by atoms with Crippen LogP contribution < -0.4 is 20.5 Å². The Bertz CT molecular complexity index is 941. The third-order valence-corrected chi connectivity index (χ3v) is 4.87. The molecule has 0 unspecified atom stereocenters. The summed E-state index contributed by atoms with van der Waals surface area (Å²) >= 11 is 0. The van der Waals surface area contributed by atoms with Gasteiger partial charge in [0.2, 0.25) is 5.91 Å². The van der Waals surface area contributed by atoms with Gasteiger partial charge in [0, 0.05) is 18.3 Å². The molecule has 0 heterocycles. The molecule has 0 aliphatic carbocycles. The lowest BCUT2D eigenvalue weighted by Gasteiger charge is -2.12. The van der Waals surface area contributed by atoms with E-state index in [1.165, 1.54) is 49.5 Å². The topological polar surface area (TPSA) is 128 Å². The van der Waals surface area contributed by atoms with Crippen molar-refractivity contribution in [3.8, 4) is 5.75 Å². The van der Waals surface area contributed by atoms with Gasteiger partial charge in [0.05, 0.1) is 4.90 Å². The molecule has 0 fully saturated rings. The van der Waals surface area contributed by atoms with E-state index >= 15 is 0 Å². The second-order valence-corrected chi connectivity index (χ2v) is 7.12. The number of nitrogens with one attached hydrogen (secondary N) is 2. The van der Waals surface area contributed by atoms with E-state index in [1.54, 1.807) is 6.92 Å². The largest absolute Gasteiger partial charge is 0.484 e. The van der Waals surface area contributed by atoms with Gasteiger partial charge in [0.15, 0.2) is 6.61 Å². The minimum atomic E-state index is -3.87. The minimum Gasteiger partial charge on any atom is -0.484 e. The molecule has 0 bridgehead atoms. The number of benzene rings is 2. The van der Waals surface area contributed by atoms with Crippen molar-refractivity contribution in [3.63, 3.8) is 0 Å². The number of amides is 2. The summed E-state index contributed by atoms with van der Waals surface area (Å²) in [5.41, 5.74) is 6.17. The highest BCUT2D eigenvalue weighted by Gasteiger charge is 2.16. The molecule has 2 aromatic rings. The highest BCUT2D eigenvalue weighted by Crippen LogP contribution is 2.24. The molecule has 2 amide bonds. The molecular weight excluding hydrogens is 358 g/mol. The smallest absolute Gasteiger partial charge is 0.261 e. The van der Waals surface area contributed by atoms with Gasteiger partial charge >= 0.3 is 0 Å². The predicted octanol–water partition coefficient (Wildman–Crippen LogP) is 1.02. The molecule has 2 aromatic carbocycles. The number of likely N-dealkylation sites (N-methyl/N-ethyl adjacent to an activating group) is 1. The van der Waals surface area contributed by atoms with E-state index in [4.69, 9.17) is 10.5 Å². The van der Waals surface area contributed by atoms with Crippen LogP contribution in [0.4, 0.5) is 5.69 Å². The standard InChI is InChI=1S/C17H19N3O5S/c1-11-8-14(6-7-15(11)25-10-16(21)19-2)26(23,24)20-13-5-3-4-12(9-13)17(18)22/h3-9,20H,10H2,1-2H3,(H2,18,22)(H,19,21). The Balaban J connectivity index is 2.21. The van der Waals surface area contributed by atoms with Gasteiger partial charge in [0.1, 0.15) is 5.75 Å². The Morgan fingerprint density at radius 3 is 2.50 bits per heavy atom. The fraction of sp³-hybridized carbons (Fsp3) is 0.176. The van der Waals surface area contributed by atoms with E-state index in [9.17, 15) is 18.0 Å².